The molecule has 4 nitrogen and oxygen atoms in total. The first kappa shape index (κ1) is 9.02. The smallest absolute Gasteiger partial charge is 0.347 e. The van der Waals surface area contributed by atoms with Crippen LogP contribution in [-0.4, -0.2) is 18.0 Å². The summed E-state index contributed by atoms with van der Waals surface area (Å²) < 4.78 is 9.36. The van der Waals surface area contributed by atoms with Gasteiger partial charge in [-0.15, -0.1) is 0 Å². The molecule has 0 unspecified atom stereocenters. The van der Waals surface area contributed by atoms with Crippen LogP contribution in [0, 0.1) is 0 Å². The van der Waals surface area contributed by atoms with E-state index in [1.54, 1.807) is 6.07 Å². The van der Waals surface area contributed by atoms with Gasteiger partial charge in [0.25, 0.3) is 0 Å². The Kier molecular flexibility index (Phi) is 2.13. The van der Waals surface area contributed by atoms with Crippen molar-refractivity contribution in [3.63, 3.8) is 0 Å². The molecule has 0 atom stereocenters. The molecule has 1 aromatic rings. The average Bonchev–Trinajstić information content (AvgIpc) is 2.43. The lowest BCUT2D eigenvalue weighted by Crippen LogP contribution is -1.97. The first-order valence-corrected chi connectivity index (χ1v) is 4.35. The van der Waals surface area contributed by atoms with Crippen LogP contribution in [0.4, 0.5) is 0 Å². The Bertz CT molecular complexity index is 413. The minimum atomic E-state index is -0.648. The second-order valence-electron chi connectivity index (χ2n) is 2.64. The van der Waals surface area contributed by atoms with Gasteiger partial charge in [-0.3, -0.25) is 0 Å². The number of esters is 2. The molecular weight excluding hydrogens is 208 g/mol. The van der Waals surface area contributed by atoms with Gasteiger partial charge in [-0.1, -0.05) is 11.6 Å². The molecule has 14 heavy (non-hydrogen) atoms. The molecule has 0 saturated carbocycles. The maximum atomic E-state index is 11.1. The molecule has 1 aromatic carbocycles. The van der Waals surface area contributed by atoms with Crippen LogP contribution in [0.25, 0.3) is 0 Å². The molecule has 0 aliphatic carbocycles. The van der Waals surface area contributed by atoms with Crippen molar-refractivity contribution in [1.29, 1.82) is 0 Å². The molecule has 0 aromatic heterocycles. The van der Waals surface area contributed by atoms with Crippen molar-refractivity contribution in [2.45, 2.75) is 0 Å². The van der Waals surface area contributed by atoms with E-state index in [2.05, 4.69) is 4.74 Å². The van der Waals surface area contributed by atoms with Crippen LogP contribution >= 0.6 is 11.6 Å². The second-order valence-corrected chi connectivity index (χ2v) is 2.86. The van der Waals surface area contributed by atoms with Crippen molar-refractivity contribution in [2.24, 2.45) is 0 Å². The predicted octanol–water partition coefficient (Wildman–Crippen LogP) is 1.57. The first-order chi connectivity index (χ1) is 6.72. The monoisotopic (exact) mass is 212 g/mol. The number of cyclic esters (lactones) is 2. The van der Waals surface area contributed by atoms with Crippen LogP contribution in [0.2, 0.25) is 0 Å². The van der Waals surface area contributed by atoms with Crippen molar-refractivity contribution >= 4 is 23.5 Å². The fraction of sp³-hybridized carbons (Fsp3) is 0.111. The number of ether oxygens (including phenoxy) is 2. The standard InChI is InChI=1S/C9H5ClO4/c10-4-13-5-1-2-6-7(3-5)9(12)14-8(6)11/h1-3H,4H2. The van der Waals surface area contributed by atoms with E-state index in [9.17, 15) is 9.59 Å². The number of carbonyl (C=O) groups is 2. The number of fused-ring (bicyclic) bond motifs is 1. The highest BCUT2D eigenvalue weighted by Gasteiger charge is 2.29. The van der Waals surface area contributed by atoms with Gasteiger partial charge in [-0.05, 0) is 18.2 Å². The van der Waals surface area contributed by atoms with Crippen LogP contribution in [0.15, 0.2) is 18.2 Å². The number of halogens is 1. The van der Waals surface area contributed by atoms with Gasteiger partial charge in [0.2, 0.25) is 0 Å². The van der Waals surface area contributed by atoms with E-state index in [-0.39, 0.29) is 17.2 Å². The summed E-state index contributed by atoms with van der Waals surface area (Å²) in [4.78, 5) is 22.1. The summed E-state index contributed by atoms with van der Waals surface area (Å²) in [6.45, 7) is 0. The highest BCUT2D eigenvalue weighted by atomic mass is 35.5. The van der Waals surface area contributed by atoms with Crippen molar-refractivity contribution in [1.82, 2.24) is 0 Å². The van der Waals surface area contributed by atoms with Crippen molar-refractivity contribution < 1.29 is 19.1 Å². The van der Waals surface area contributed by atoms with Crippen molar-refractivity contribution in [3.8, 4) is 5.75 Å². The third-order valence-corrected chi connectivity index (χ3v) is 1.95. The molecule has 1 aliphatic rings. The van der Waals surface area contributed by atoms with Gasteiger partial charge in [0, 0.05) is 0 Å². The summed E-state index contributed by atoms with van der Waals surface area (Å²) in [5.74, 6) is -0.835. The minimum absolute atomic E-state index is 0.0121. The van der Waals surface area contributed by atoms with Gasteiger partial charge in [-0.2, -0.15) is 0 Å². The minimum Gasteiger partial charge on any atom is -0.478 e. The fourth-order valence-corrected chi connectivity index (χ4v) is 1.34. The summed E-state index contributed by atoms with van der Waals surface area (Å²) in [5, 5.41) is 0. The number of benzene rings is 1. The number of alkyl halides is 1. The SMILES string of the molecule is O=C1OC(=O)c2cc(OCCl)ccc21. The Hall–Kier alpha value is -1.55. The highest BCUT2D eigenvalue weighted by Crippen LogP contribution is 2.24. The Morgan fingerprint density at radius 1 is 1.21 bits per heavy atom. The zero-order valence-electron chi connectivity index (χ0n) is 6.95. The summed E-state index contributed by atoms with van der Waals surface area (Å²) >= 11 is 5.35. The number of carbonyl (C=O) groups excluding carboxylic acids is 2. The average molecular weight is 213 g/mol. The van der Waals surface area contributed by atoms with Crippen LogP contribution in [-0.2, 0) is 4.74 Å². The summed E-state index contributed by atoms with van der Waals surface area (Å²) in [6.07, 6.45) is 0. The largest absolute Gasteiger partial charge is 0.478 e. The fourth-order valence-electron chi connectivity index (χ4n) is 1.22. The van der Waals surface area contributed by atoms with E-state index < -0.39 is 11.9 Å². The van der Waals surface area contributed by atoms with Crippen LogP contribution in [0.1, 0.15) is 20.7 Å². The topological polar surface area (TPSA) is 52.6 Å². The Labute approximate surface area is 84.4 Å². The first-order valence-electron chi connectivity index (χ1n) is 3.81. The van der Waals surface area contributed by atoms with Gasteiger partial charge in [0.05, 0.1) is 11.1 Å². The van der Waals surface area contributed by atoms with Gasteiger partial charge >= 0.3 is 11.9 Å². The lowest BCUT2D eigenvalue weighted by molar-refractivity contribution is 0.0443. The molecule has 0 saturated heterocycles. The van der Waals surface area contributed by atoms with E-state index in [1.807, 2.05) is 0 Å². The van der Waals surface area contributed by atoms with Crippen molar-refractivity contribution in [2.75, 3.05) is 6.07 Å². The molecule has 0 N–H and O–H groups in total. The maximum Gasteiger partial charge on any atom is 0.347 e. The molecule has 5 heteroatoms. The predicted molar refractivity (Wildman–Crippen MR) is 47.5 cm³/mol. The maximum absolute atomic E-state index is 11.1. The molecule has 0 spiro atoms. The lowest BCUT2D eigenvalue weighted by Gasteiger charge is -2.01. The van der Waals surface area contributed by atoms with E-state index in [1.165, 1.54) is 12.1 Å². The van der Waals surface area contributed by atoms with E-state index >= 15 is 0 Å². The molecule has 72 valence electrons. The van der Waals surface area contributed by atoms with Crippen LogP contribution in [0.3, 0.4) is 0 Å². The zero-order chi connectivity index (χ0) is 10.1. The van der Waals surface area contributed by atoms with E-state index in [4.69, 9.17) is 16.3 Å². The second kappa shape index (κ2) is 3.31. The highest BCUT2D eigenvalue weighted by molar-refractivity contribution is 6.17. The Balaban J connectivity index is 2.44. The van der Waals surface area contributed by atoms with E-state index in [0.717, 1.165) is 0 Å². The zero-order valence-corrected chi connectivity index (χ0v) is 7.71. The third-order valence-electron chi connectivity index (χ3n) is 1.84. The molecule has 1 aliphatic heterocycles. The molecule has 2 rings (SSSR count). The third kappa shape index (κ3) is 1.33. The molecule has 0 fully saturated rings. The Morgan fingerprint density at radius 2 is 1.93 bits per heavy atom. The normalized spacial score (nSPS) is 13.8. The van der Waals surface area contributed by atoms with Crippen LogP contribution < -0.4 is 4.74 Å². The Morgan fingerprint density at radius 3 is 2.64 bits per heavy atom. The molecule has 0 amide bonds. The van der Waals surface area contributed by atoms with Gasteiger partial charge < -0.3 is 9.47 Å². The molecular formula is C9H5ClO4. The summed E-state index contributed by atoms with van der Waals surface area (Å²) in [7, 11) is 0. The molecule has 1 heterocycles. The van der Waals surface area contributed by atoms with Gasteiger partial charge in [-0.25, -0.2) is 9.59 Å². The van der Waals surface area contributed by atoms with Gasteiger partial charge in [0.15, 0.2) is 6.07 Å². The van der Waals surface area contributed by atoms with E-state index in [0.29, 0.717) is 5.75 Å². The summed E-state index contributed by atoms with van der Waals surface area (Å²) in [5.41, 5.74) is 0.481. The molecule has 0 radical (unpaired) electrons. The van der Waals surface area contributed by atoms with Crippen LogP contribution in [0.5, 0.6) is 5.75 Å². The quantitative estimate of drug-likeness (QED) is 0.424. The number of rotatable bonds is 2. The number of hydrogen-bond acceptors (Lipinski definition) is 4. The molecule has 0 bridgehead atoms. The number of hydrogen-bond donors (Lipinski definition) is 0. The van der Waals surface area contributed by atoms with Gasteiger partial charge in [0.1, 0.15) is 5.75 Å². The summed E-state index contributed by atoms with van der Waals surface area (Å²) in [6, 6.07) is 4.46. The van der Waals surface area contributed by atoms with Crippen molar-refractivity contribution in [3.05, 3.63) is 29.3 Å². The lowest BCUT2D eigenvalue weighted by atomic mass is 10.1.